The molecule has 1 unspecified atom stereocenters. The predicted molar refractivity (Wildman–Crippen MR) is 118 cm³/mol. The van der Waals surface area contributed by atoms with Gasteiger partial charge < -0.3 is 15.4 Å². The lowest BCUT2D eigenvalue weighted by molar-refractivity contribution is -0.117. The monoisotopic (exact) mass is 386 g/mol. The predicted octanol–water partition coefficient (Wildman–Crippen LogP) is 5.37. The quantitative estimate of drug-likeness (QED) is 0.574. The first-order valence-electron chi connectivity index (χ1n) is 10.2. The van der Waals surface area contributed by atoms with Crippen LogP contribution >= 0.6 is 0 Å². The van der Waals surface area contributed by atoms with Crippen LogP contribution in [0.3, 0.4) is 0 Å². The first-order chi connectivity index (χ1) is 14.2. The Balaban J connectivity index is 1.60. The summed E-state index contributed by atoms with van der Waals surface area (Å²) in [6.07, 6.45) is 3.46. The molecule has 4 nitrogen and oxygen atoms in total. The van der Waals surface area contributed by atoms with Crippen LogP contribution in [0, 0.1) is 0 Å². The van der Waals surface area contributed by atoms with Crippen LogP contribution in [-0.2, 0) is 17.6 Å². The van der Waals surface area contributed by atoms with Gasteiger partial charge >= 0.3 is 0 Å². The van der Waals surface area contributed by atoms with Crippen LogP contribution in [-0.4, -0.2) is 12.5 Å². The third kappa shape index (κ3) is 4.43. The van der Waals surface area contributed by atoms with Crippen LogP contribution in [0.2, 0.25) is 0 Å². The molecule has 0 aromatic heterocycles. The molecule has 0 saturated heterocycles. The highest BCUT2D eigenvalue weighted by molar-refractivity contribution is 5.98. The van der Waals surface area contributed by atoms with Crippen molar-refractivity contribution >= 4 is 17.3 Å². The number of hydrogen-bond donors (Lipinski definition) is 2. The Morgan fingerprint density at radius 1 is 0.966 bits per heavy atom. The molecule has 1 atom stereocenters. The summed E-state index contributed by atoms with van der Waals surface area (Å²) >= 11 is 0. The van der Waals surface area contributed by atoms with Crippen molar-refractivity contribution in [2.75, 3.05) is 17.2 Å². The summed E-state index contributed by atoms with van der Waals surface area (Å²) < 4.78 is 5.66. The van der Waals surface area contributed by atoms with E-state index in [-0.39, 0.29) is 5.91 Å². The second kappa shape index (κ2) is 8.82. The highest BCUT2D eigenvalue weighted by Crippen LogP contribution is 2.29. The Kier molecular flexibility index (Phi) is 5.80. The maximum atomic E-state index is 13.3. The molecular weight excluding hydrogens is 360 g/mol. The van der Waals surface area contributed by atoms with Crippen molar-refractivity contribution in [3.05, 3.63) is 89.5 Å². The van der Waals surface area contributed by atoms with Crippen molar-refractivity contribution in [3.8, 4) is 5.75 Å². The Morgan fingerprint density at radius 2 is 1.72 bits per heavy atom. The molecule has 1 amide bonds. The molecule has 0 fully saturated rings. The van der Waals surface area contributed by atoms with E-state index in [4.69, 9.17) is 4.74 Å². The van der Waals surface area contributed by atoms with Gasteiger partial charge in [-0.15, -0.1) is 0 Å². The molecule has 29 heavy (non-hydrogen) atoms. The molecule has 4 heteroatoms. The average Bonchev–Trinajstić information content (AvgIpc) is 3.22. The Labute approximate surface area is 171 Å². The van der Waals surface area contributed by atoms with Crippen molar-refractivity contribution in [2.45, 2.75) is 32.2 Å². The number of ether oxygens (including phenoxy) is 1. The number of hydrogen-bond acceptors (Lipinski definition) is 3. The molecule has 4 rings (SSSR count). The van der Waals surface area contributed by atoms with E-state index >= 15 is 0 Å². The van der Waals surface area contributed by atoms with Gasteiger partial charge in [-0.05, 0) is 67.1 Å². The maximum absolute atomic E-state index is 13.3. The molecule has 0 heterocycles. The average molecular weight is 386 g/mol. The van der Waals surface area contributed by atoms with Crippen LogP contribution in [0.4, 0.5) is 11.4 Å². The van der Waals surface area contributed by atoms with Crippen LogP contribution in [0.15, 0.2) is 72.8 Å². The summed E-state index contributed by atoms with van der Waals surface area (Å²) in [5.74, 6) is 0.552. The zero-order valence-corrected chi connectivity index (χ0v) is 16.7. The summed E-state index contributed by atoms with van der Waals surface area (Å²) in [4.78, 5) is 13.3. The van der Waals surface area contributed by atoms with E-state index in [0.717, 1.165) is 24.1 Å². The van der Waals surface area contributed by atoms with Crippen LogP contribution in [0.25, 0.3) is 0 Å². The lowest BCUT2D eigenvalue weighted by Gasteiger charge is -2.21. The first kappa shape index (κ1) is 19.1. The second-order valence-corrected chi connectivity index (χ2v) is 7.24. The highest BCUT2D eigenvalue weighted by Gasteiger charge is 2.22. The lowest BCUT2D eigenvalue weighted by atomic mass is 10.0. The third-order valence-electron chi connectivity index (χ3n) is 5.25. The number of carbonyl (C=O) groups excluding carboxylic acids is 1. The fraction of sp³-hybridized carbons (Fsp3) is 0.240. The van der Waals surface area contributed by atoms with E-state index in [1.165, 1.54) is 17.5 Å². The van der Waals surface area contributed by atoms with Crippen molar-refractivity contribution in [3.63, 3.8) is 0 Å². The molecule has 0 bridgehead atoms. The van der Waals surface area contributed by atoms with E-state index in [9.17, 15) is 4.79 Å². The zero-order chi connectivity index (χ0) is 20.1. The second-order valence-electron chi connectivity index (χ2n) is 7.24. The smallest absolute Gasteiger partial charge is 0.251 e. The highest BCUT2D eigenvalue weighted by atomic mass is 16.5. The summed E-state index contributed by atoms with van der Waals surface area (Å²) in [6.45, 7) is 2.48. The molecule has 2 N–H and O–H groups in total. The Bertz CT molecular complexity index is 985. The van der Waals surface area contributed by atoms with Gasteiger partial charge in [-0.25, -0.2) is 0 Å². The molecule has 1 aliphatic carbocycles. The summed E-state index contributed by atoms with van der Waals surface area (Å²) in [7, 11) is 0. The van der Waals surface area contributed by atoms with Crippen LogP contribution in [0.5, 0.6) is 5.75 Å². The Morgan fingerprint density at radius 3 is 2.55 bits per heavy atom. The number of nitrogens with one attached hydrogen (secondary N) is 2. The first-order valence-corrected chi connectivity index (χ1v) is 10.2. The number of carbonyl (C=O) groups is 1. The van der Waals surface area contributed by atoms with Gasteiger partial charge in [-0.3, -0.25) is 4.79 Å². The zero-order valence-electron chi connectivity index (χ0n) is 16.7. The van der Waals surface area contributed by atoms with E-state index in [2.05, 4.69) is 28.8 Å². The number of para-hydroxylation sites is 2. The SMILES string of the molecule is CCOc1ccccc1NC(=O)C(Nc1ccc2c(c1)CCC2)c1ccccc1. The van der Waals surface area contributed by atoms with Crippen molar-refractivity contribution < 1.29 is 9.53 Å². The molecular formula is C25H26N2O2. The van der Waals surface area contributed by atoms with Gasteiger partial charge in [0.05, 0.1) is 12.3 Å². The fourth-order valence-electron chi connectivity index (χ4n) is 3.83. The van der Waals surface area contributed by atoms with E-state index in [1.807, 2.05) is 61.5 Å². The minimum Gasteiger partial charge on any atom is -0.492 e. The molecule has 0 spiro atoms. The number of anilines is 2. The molecule has 3 aromatic rings. The van der Waals surface area contributed by atoms with Gasteiger partial charge in [0, 0.05) is 5.69 Å². The summed E-state index contributed by atoms with van der Waals surface area (Å²) in [6, 6.07) is 23.2. The van der Waals surface area contributed by atoms with Gasteiger partial charge in [0.25, 0.3) is 5.91 Å². The third-order valence-corrected chi connectivity index (χ3v) is 5.25. The molecule has 3 aromatic carbocycles. The van der Waals surface area contributed by atoms with Crippen LogP contribution in [0.1, 0.15) is 36.1 Å². The van der Waals surface area contributed by atoms with E-state index < -0.39 is 6.04 Å². The number of benzene rings is 3. The number of aryl methyl sites for hydroxylation is 2. The maximum Gasteiger partial charge on any atom is 0.251 e. The number of fused-ring (bicyclic) bond motifs is 1. The number of amides is 1. The van der Waals surface area contributed by atoms with E-state index in [0.29, 0.717) is 18.0 Å². The minimum absolute atomic E-state index is 0.121. The number of rotatable bonds is 7. The van der Waals surface area contributed by atoms with Crippen LogP contribution < -0.4 is 15.4 Å². The van der Waals surface area contributed by atoms with Gasteiger partial charge in [-0.2, -0.15) is 0 Å². The van der Waals surface area contributed by atoms with Crippen molar-refractivity contribution in [1.29, 1.82) is 0 Å². The van der Waals surface area contributed by atoms with Gasteiger partial charge in [0.2, 0.25) is 0 Å². The Hall–Kier alpha value is -3.27. The molecule has 0 radical (unpaired) electrons. The molecule has 0 saturated carbocycles. The molecule has 148 valence electrons. The standard InChI is InChI=1S/C25H26N2O2/c1-2-29-23-14-7-6-13-22(23)27-25(28)24(19-9-4-3-5-10-19)26-21-16-15-18-11-8-12-20(18)17-21/h3-7,9-10,13-17,24,26H,2,8,11-12H2,1H3,(H,27,28). The lowest BCUT2D eigenvalue weighted by Crippen LogP contribution is -2.27. The van der Waals surface area contributed by atoms with Gasteiger partial charge in [0.1, 0.15) is 11.8 Å². The molecule has 1 aliphatic rings. The van der Waals surface area contributed by atoms with Gasteiger partial charge in [0.15, 0.2) is 0 Å². The van der Waals surface area contributed by atoms with Crippen molar-refractivity contribution in [1.82, 2.24) is 0 Å². The largest absolute Gasteiger partial charge is 0.492 e. The topological polar surface area (TPSA) is 50.4 Å². The van der Waals surface area contributed by atoms with Gasteiger partial charge in [-0.1, -0.05) is 48.5 Å². The summed E-state index contributed by atoms with van der Waals surface area (Å²) in [5.41, 5.74) is 5.36. The normalized spacial score (nSPS) is 13.4. The fourth-order valence-corrected chi connectivity index (χ4v) is 3.83. The summed E-state index contributed by atoms with van der Waals surface area (Å²) in [5, 5.41) is 6.48. The minimum atomic E-state index is -0.509. The van der Waals surface area contributed by atoms with Crippen molar-refractivity contribution in [2.24, 2.45) is 0 Å². The van der Waals surface area contributed by atoms with E-state index in [1.54, 1.807) is 0 Å². The molecule has 0 aliphatic heterocycles.